The van der Waals surface area contributed by atoms with Crippen LogP contribution in [0.2, 0.25) is 0 Å². The highest BCUT2D eigenvalue weighted by atomic mass is 16.2. The summed E-state index contributed by atoms with van der Waals surface area (Å²) in [5, 5.41) is 5.74. The maximum atomic E-state index is 13.3. The molecule has 0 saturated heterocycles. The standard InChI is InChI=1S/C30H42N4O4/c1-19(2)33(20(3)4)29(37)27(35)31-25(23-15-11-9-12-16-23)26(24-17-13-10-14-18-24)32-28(36)30(38)34(21(5)6)22(7)8/h9-22,25-26H,1-8H3,(H,31,35)(H,32,36)/t25-,26-/m1/s1. The first-order valence-electron chi connectivity index (χ1n) is 13.2. The molecule has 206 valence electrons. The lowest BCUT2D eigenvalue weighted by atomic mass is 9.93. The fraction of sp³-hybridized carbons (Fsp3) is 0.467. The van der Waals surface area contributed by atoms with E-state index in [1.807, 2.05) is 116 Å². The van der Waals surface area contributed by atoms with Crippen LogP contribution in [0.15, 0.2) is 60.7 Å². The number of benzene rings is 2. The van der Waals surface area contributed by atoms with Gasteiger partial charge in [-0.25, -0.2) is 0 Å². The molecule has 0 unspecified atom stereocenters. The van der Waals surface area contributed by atoms with Gasteiger partial charge in [0.15, 0.2) is 0 Å². The molecular formula is C30H42N4O4. The number of hydrogen-bond donors (Lipinski definition) is 2. The van der Waals surface area contributed by atoms with E-state index in [1.54, 1.807) is 0 Å². The van der Waals surface area contributed by atoms with Crippen LogP contribution in [-0.2, 0) is 19.2 Å². The minimum atomic E-state index is -0.820. The van der Waals surface area contributed by atoms with Gasteiger partial charge in [-0.3, -0.25) is 19.2 Å². The van der Waals surface area contributed by atoms with Crippen molar-refractivity contribution in [3.63, 3.8) is 0 Å². The Bertz CT molecular complexity index is 980. The van der Waals surface area contributed by atoms with Gasteiger partial charge in [-0.1, -0.05) is 60.7 Å². The Balaban J connectivity index is 2.53. The van der Waals surface area contributed by atoms with Crippen LogP contribution in [0.4, 0.5) is 0 Å². The number of amides is 4. The van der Waals surface area contributed by atoms with E-state index in [9.17, 15) is 19.2 Å². The largest absolute Gasteiger partial charge is 0.339 e. The SMILES string of the molecule is CC(C)N(C(=O)C(=O)N[C@H](c1ccccc1)[C@H](NC(=O)C(=O)N(C(C)C)C(C)C)c1ccccc1)C(C)C. The number of hydrogen-bond acceptors (Lipinski definition) is 4. The van der Waals surface area contributed by atoms with Crippen molar-refractivity contribution >= 4 is 23.6 Å². The van der Waals surface area contributed by atoms with Crippen LogP contribution in [-0.4, -0.2) is 57.6 Å². The lowest BCUT2D eigenvalue weighted by Gasteiger charge is -2.34. The first kappa shape index (κ1) is 30.5. The van der Waals surface area contributed by atoms with E-state index in [-0.39, 0.29) is 24.2 Å². The fourth-order valence-corrected chi connectivity index (χ4v) is 4.81. The monoisotopic (exact) mass is 522 g/mol. The molecule has 8 heteroatoms. The van der Waals surface area contributed by atoms with Crippen LogP contribution in [0.25, 0.3) is 0 Å². The maximum Gasteiger partial charge on any atom is 0.312 e. The Hall–Kier alpha value is -3.68. The van der Waals surface area contributed by atoms with Gasteiger partial charge in [0.05, 0.1) is 12.1 Å². The summed E-state index contributed by atoms with van der Waals surface area (Å²) >= 11 is 0. The summed E-state index contributed by atoms with van der Waals surface area (Å²) in [4.78, 5) is 56.1. The molecular weight excluding hydrogens is 480 g/mol. The highest BCUT2D eigenvalue weighted by molar-refractivity contribution is 6.36. The molecule has 2 aromatic carbocycles. The van der Waals surface area contributed by atoms with Crippen LogP contribution in [0.3, 0.4) is 0 Å². The molecule has 0 aromatic heterocycles. The van der Waals surface area contributed by atoms with Crippen molar-refractivity contribution in [3.05, 3.63) is 71.8 Å². The molecule has 0 spiro atoms. The van der Waals surface area contributed by atoms with E-state index in [2.05, 4.69) is 10.6 Å². The summed E-state index contributed by atoms with van der Waals surface area (Å²) in [6.07, 6.45) is 0. The lowest BCUT2D eigenvalue weighted by Crippen LogP contribution is -2.53. The predicted octanol–water partition coefficient (Wildman–Crippen LogP) is 3.99. The molecule has 8 nitrogen and oxygen atoms in total. The van der Waals surface area contributed by atoms with E-state index in [1.165, 1.54) is 9.80 Å². The second kappa shape index (κ2) is 13.7. The van der Waals surface area contributed by atoms with Crippen molar-refractivity contribution in [2.75, 3.05) is 0 Å². The van der Waals surface area contributed by atoms with Gasteiger partial charge in [-0.15, -0.1) is 0 Å². The molecule has 38 heavy (non-hydrogen) atoms. The van der Waals surface area contributed by atoms with Crippen LogP contribution in [0.1, 0.15) is 78.6 Å². The summed E-state index contributed by atoms with van der Waals surface area (Å²) in [6, 6.07) is 15.9. The minimum absolute atomic E-state index is 0.177. The minimum Gasteiger partial charge on any atom is -0.339 e. The number of rotatable bonds is 9. The molecule has 0 aliphatic carbocycles. The quantitative estimate of drug-likeness (QED) is 0.487. The highest BCUT2D eigenvalue weighted by Crippen LogP contribution is 2.29. The van der Waals surface area contributed by atoms with Crippen molar-refractivity contribution in [3.8, 4) is 0 Å². The van der Waals surface area contributed by atoms with Crippen molar-refractivity contribution in [2.24, 2.45) is 0 Å². The summed E-state index contributed by atoms with van der Waals surface area (Å²) in [7, 11) is 0. The average molecular weight is 523 g/mol. The van der Waals surface area contributed by atoms with Crippen molar-refractivity contribution < 1.29 is 19.2 Å². The Labute approximate surface area is 226 Å². The van der Waals surface area contributed by atoms with Crippen LogP contribution >= 0.6 is 0 Å². The number of carbonyl (C=O) groups is 4. The molecule has 2 aromatic rings. The van der Waals surface area contributed by atoms with E-state index < -0.39 is 35.7 Å². The first-order chi connectivity index (χ1) is 17.9. The molecule has 2 rings (SSSR count). The van der Waals surface area contributed by atoms with Crippen molar-refractivity contribution in [2.45, 2.75) is 91.6 Å². The topological polar surface area (TPSA) is 98.8 Å². The van der Waals surface area contributed by atoms with Gasteiger partial charge in [-0.2, -0.15) is 0 Å². The summed E-state index contributed by atoms with van der Waals surface area (Å²) in [5.41, 5.74) is 1.36. The number of carbonyl (C=O) groups excluding carboxylic acids is 4. The molecule has 4 amide bonds. The third-order valence-corrected chi connectivity index (χ3v) is 6.31. The third-order valence-electron chi connectivity index (χ3n) is 6.31. The summed E-state index contributed by atoms with van der Waals surface area (Å²) < 4.78 is 0. The van der Waals surface area contributed by atoms with Crippen LogP contribution in [0, 0.1) is 0 Å². The van der Waals surface area contributed by atoms with Gasteiger partial charge in [0, 0.05) is 24.2 Å². The number of nitrogens with zero attached hydrogens (tertiary/aromatic N) is 2. The molecule has 0 saturated carbocycles. The van der Waals surface area contributed by atoms with E-state index in [4.69, 9.17) is 0 Å². The third kappa shape index (κ3) is 7.66. The number of nitrogens with one attached hydrogen (secondary N) is 2. The average Bonchev–Trinajstić information content (AvgIpc) is 2.85. The maximum absolute atomic E-state index is 13.3. The first-order valence-corrected chi connectivity index (χ1v) is 13.2. The van der Waals surface area contributed by atoms with Crippen molar-refractivity contribution in [1.29, 1.82) is 0 Å². The van der Waals surface area contributed by atoms with Gasteiger partial charge in [0.2, 0.25) is 0 Å². The van der Waals surface area contributed by atoms with Crippen LogP contribution < -0.4 is 10.6 Å². The second-order valence-electron chi connectivity index (χ2n) is 10.5. The zero-order chi connectivity index (χ0) is 28.6. The Morgan fingerprint density at radius 3 is 1.00 bits per heavy atom. The normalized spacial score (nSPS) is 12.8. The smallest absolute Gasteiger partial charge is 0.312 e. The Morgan fingerprint density at radius 1 is 0.500 bits per heavy atom. The van der Waals surface area contributed by atoms with Gasteiger partial charge in [0.25, 0.3) is 0 Å². The fourth-order valence-electron chi connectivity index (χ4n) is 4.81. The molecule has 2 atom stereocenters. The van der Waals surface area contributed by atoms with Gasteiger partial charge in [0.1, 0.15) is 0 Å². The predicted molar refractivity (Wildman–Crippen MR) is 149 cm³/mol. The van der Waals surface area contributed by atoms with Gasteiger partial charge in [-0.05, 0) is 66.5 Å². The molecule has 0 radical (unpaired) electrons. The zero-order valence-corrected chi connectivity index (χ0v) is 23.8. The Kier molecular flexibility index (Phi) is 11.0. The van der Waals surface area contributed by atoms with Crippen molar-refractivity contribution in [1.82, 2.24) is 20.4 Å². The second-order valence-corrected chi connectivity index (χ2v) is 10.5. The van der Waals surface area contributed by atoms with Gasteiger partial charge < -0.3 is 20.4 Å². The highest BCUT2D eigenvalue weighted by Gasteiger charge is 2.35. The molecule has 0 heterocycles. The van der Waals surface area contributed by atoms with E-state index in [0.29, 0.717) is 11.1 Å². The van der Waals surface area contributed by atoms with Crippen LogP contribution in [0.5, 0.6) is 0 Å². The van der Waals surface area contributed by atoms with E-state index in [0.717, 1.165) is 0 Å². The van der Waals surface area contributed by atoms with E-state index >= 15 is 0 Å². The Morgan fingerprint density at radius 2 is 0.763 bits per heavy atom. The summed E-state index contributed by atoms with van der Waals surface area (Å²) in [5.74, 6) is -2.88. The molecule has 0 fully saturated rings. The summed E-state index contributed by atoms with van der Waals surface area (Å²) in [6.45, 7) is 14.8. The molecule has 0 bridgehead atoms. The molecule has 2 N–H and O–H groups in total. The molecule has 0 aliphatic rings. The lowest BCUT2D eigenvalue weighted by molar-refractivity contribution is -0.149. The zero-order valence-electron chi connectivity index (χ0n) is 23.8. The van der Waals surface area contributed by atoms with Gasteiger partial charge >= 0.3 is 23.6 Å². The molecule has 0 aliphatic heterocycles.